The average Bonchev–Trinajstić information content (AvgIpc) is 3.46. The van der Waals surface area contributed by atoms with Crippen molar-refractivity contribution in [2.45, 2.75) is 106 Å². The first-order valence-electron chi connectivity index (χ1n) is 13.2. The van der Waals surface area contributed by atoms with E-state index in [9.17, 15) is 33.9 Å². The Labute approximate surface area is 245 Å². The van der Waals surface area contributed by atoms with Crippen molar-refractivity contribution in [3.8, 4) is 0 Å². The third-order valence-corrected chi connectivity index (χ3v) is 8.67. The standard InChI is InChI=1S/C26H34N2O13S/c1-7-14(31)38-18-17(39-24-19(18)40-26(5,6)41-24)12(10-36-11(2)29)37-15(32)9-8-13(30)27-16-21(33)28-20(23(34)35)25(3,4)42-22(16)28/h7,12,16-20,22,24H,1,8-10H2,2-6H3,(H,27,30)(H,34,35)/t12?,16-,17-,18+,19+,20+,22?,24+/m1/s1. The van der Waals surface area contributed by atoms with Gasteiger partial charge in [-0.2, -0.15) is 0 Å². The number of aliphatic carboxylic acids is 1. The second-order valence-corrected chi connectivity index (χ2v) is 12.9. The first-order valence-corrected chi connectivity index (χ1v) is 14.1. The van der Waals surface area contributed by atoms with Gasteiger partial charge in [-0.1, -0.05) is 6.58 Å². The lowest BCUT2D eigenvalue weighted by molar-refractivity contribution is -0.234. The summed E-state index contributed by atoms with van der Waals surface area (Å²) in [6.45, 7) is 10.8. The molecule has 4 fully saturated rings. The predicted molar refractivity (Wildman–Crippen MR) is 140 cm³/mol. The molecule has 0 aromatic carbocycles. The molecule has 4 aliphatic rings. The summed E-state index contributed by atoms with van der Waals surface area (Å²) < 4.78 is 32.6. The summed E-state index contributed by atoms with van der Waals surface area (Å²) in [7, 11) is 0. The zero-order valence-corrected chi connectivity index (χ0v) is 24.5. The molecule has 232 valence electrons. The molecule has 0 aliphatic carbocycles. The quantitative estimate of drug-likeness (QED) is 0.135. The number of β-lactam (4-membered cyclic amide) rings is 1. The van der Waals surface area contributed by atoms with E-state index in [0.29, 0.717) is 0 Å². The molecule has 4 rings (SSSR count). The van der Waals surface area contributed by atoms with Gasteiger partial charge in [-0.15, -0.1) is 11.8 Å². The smallest absolute Gasteiger partial charge is 0.330 e. The molecule has 8 atom stereocenters. The predicted octanol–water partition coefficient (Wildman–Crippen LogP) is -0.153. The Morgan fingerprint density at radius 1 is 1.17 bits per heavy atom. The Hall–Kier alpha value is -3.21. The van der Waals surface area contributed by atoms with Crippen LogP contribution in [0.1, 0.15) is 47.5 Å². The first kappa shape index (κ1) is 31.7. The number of hydrogen-bond donors (Lipinski definition) is 2. The molecule has 2 unspecified atom stereocenters. The van der Waals surface area contributed by atoms with Crippen molar-refractivity contribution >= 4 is 47.5 Å². The molecule has 4 aliphatic heterocycles. The summed E-state index contributed by atoms with van der Waals surface area (Å²) in [6.07, 6.45) is -5.21. The third kappa shape index (κ3) is 6.40. The number of nitrogens with one attached hydrogen (secondary N) is 1. The van der Waals surface area contributed by atoms with Gasteiger partial charge in [0.25, 0.3) is 0 Å². The van der Waals surface area contributed by atoms with Gasteiger partial charge in [0, 0.05) is 24.2 Å². The van der Waals surface area contributed by atoms with Gasteiger partial charge in [-0.25, -0.2) is 9.59 Å². The van der Waals surface area contributed by atoms with Crippen LogP contribution < -0.4 is 5.32 Å². The van der Waals surface area contributed by atoms with Gasteiger partial charge in [-0.3, -0.25) is 19.2 Å². The van der Waals surface area contributed by atoms with E-state index in [1.54, 1.807) is 27.7 Å². The molecule has 4 saturated heterocycles. The minimum atomic E-state index is -1.26. The Bertz CT molecular complexity index is 1170. The van der Waals surface area contributed by atoms with Crippen molar-refractivity contribution in [2.75, 3.05) is 6.61 Å². The van der Waals surface area contributed by atoms with Crippen molar-refractivity contribution in [3.05, 3.63) is 12.7 Å². The molecule has 2 N–H and O–H groups in total. The molecule has 0 spiro atoms. The largest absolute Gasteiger partial charge is 0.480 e. The molecule has 0 saturated carbocycles. The van der Waals surface area contributed by atoms with Crippen LogP contribution in [0.25, 0.3) is 0 Å². The molecule has 0 bridgehead atoms. The van der Waals surface area contributed by atoms with E-state index in [4.69, 9.17) is 28.4 Å². The number of carboxylic acids is 1. The Morgan fingerprint density at radius 2 is 1.86 bits per heavy atom. The molecule has 0 radical (unpaired) electrons. The average molecular weight is 615 g/mol. The highest BCUT2D eigenvalue weighted by atomic mass is 32.2. The van der Waals surface area contributed by atoms with Crippen LogP contribution in [0.3, 0.4) is 0 Å². The van der Waals surface area contributed by atoms with Gasteiger partial charge in [-0.05, 0) is 27.7 Å². The van der Waals surface area contributed by atoms with E-state index in [0.717, 1.165) is 13.0 Å². The summed E-state index contributed by atoms with van der Waals surface area (Å²) in [5.41, 5.74) is 0. The normalized spacial score (nSPS) is 32.5. The second kappa shape index (κ2) is 11.8. The van der Waals surface area contributed by atoms with Crippen LogP contribution in [0.4, 0.5) is 0 Å². The highest BCUT2D eigenvalue weighted by Gasteiger charge is 2.64. The van der Waals surface area contributed by atoms with Crippen molar-refractivity contribution in [1.82, 2.24) is 10.2 Å². The zero-order chi connectivity index (χ0) is 31.1. The molecule has 4 heterocycles. The van der Waals surface area contributed by atoms with Crippen LogP contribution in [0, 0.1) is 0 Å². The minimum Gasteiger partial charge on any atom is -0.480 e. The monoisotopic (exact) mass is 614 g/mol. The molecule has 15 nitrogen and oxygen atoms in total. The van der Waals surface area contributed by atoms with E-state index in [1.165, 1.54) is 16.7 Å². The first-order chi connectivity index (χ1) is 19.5. The van der Waals surface area contributed by atoms with Crippen molar-refractivity contribution in [1.29, 1.82) is 0 Å². The van der Waals surface area contributed by atoms with Crippen LogP contribution >= 0.6 is 11.8 Å². The van der Waals surface area contributed by atoms with E-state index in [-0.39, 0.29) is 6.42 Å². The van der Waals surface area contributed by atoms with E-state index >= 15 is 0 Å². The van der Waals surface area contributed by atoms with Crippen LogP contribution in [-0.2, 0) is 57.2 Å². The van der Waals surface area contributed by atoms with Crippen LogP contribution in [0.5, 0.6) is 0 Å². The molecule has 2 amide bonds. The maximum atomic E-state index is 12.8. The number of esters is 3. The maximum absolute atomic E-state index is 12.8. The fourth-order valence-corrected chi connectivity index (χ4v) is 6.97. The Kier molecular flexibility index (Phi) is 8.92. The fourth-order valence-electron chi connectivity index (χ4n) is 5.35. The number of carbonyl (C=O) groups is 6. The van der Waals surface area contributed by atoms with Crippen molar-refractivity contribution in [3.63, 3.8) is 0 Å². The number of fused-ring (bicyclic) bond motifs is 2. The highest BCUT2D eigenvalue weighted by Crippen LogP contribution is 2.50. The number of amides is 2. The minimum absolute atomic E-state index is 0.349. The number of carbonyl (C=O) groups excluding carboxylic acids is 5. The maximum Gasteiger partial charge on any atom is 0.330 e. The Balaban J connectivity index is 1.36. The van der Waals surface area contributed by atoms with Gasteiger partial charge in [0.1, 0.15) is 30.2 Å². The van der Waals surface area contributed by atoms with Gasteiger partial charge in [0.15, 0.2) is 30.4 Å². The third-order valence-electron chi connectivity index (χ3n) is 7.09. The molecule has 0 aromatic rings. The summed E-state index contributed by atoms with van der Waals surface area (Å²) in [4.78, 5) is 74.5. The van der Waals surface area contributed by atoms with E-state index in [1.807, 2.05) is 0 Å². The lowest BCUT2D eigenvalue weighted by atomic mass is 9.96. The van der Waals surface area contributed by atoms with Crippen LogP contribution in [0.15, 0.2) is 12.7 Å². The van der Waals surface area contributed by atoms with Crippen molar-refractivity contribution < 1.29 is 62.3 Å². The summed E-state index contributed by atoms with van der Waals surface area (Å²) in [5.74, 6) is -5.63. The van der Waals surface area contributed by atoms with Gasteiger partial charge >= 0.3 is 23.9 Å². The van der Waals surface area contributed by atoms with Crippen LogP contribution in [-0.4, -0.2) is 111 Å². The molecular formula is C26H34N2O13S. The Morgan fingerprint density at radius 3 is 2.48 bits per heavy atom. The molecular weight excluding hydrogens is 580 g/mol. The van der Waals surface area contributed by atoms with Crippen LogP contribution in [0.2, 0.25) is 0 Å². The van der Waals surface area contributed by atoms with Gasteiger partial charge in [0.2, 0.25) is 11.8 Å². The SMILES string of the molecule is C=CC(=O)O[C@@H]1[C@@H]2OC(C)(C)O[C@@H]2O[C@@H]1C(COC(C)=O)OC(=O)CCC(=O)N[C@@H]1C(=O)N2C1SC(C)(C)[C@@H]2C(=O)O. The molecule has 42 heavy (non-hydrogen) atoms. The topological polar surface area (TPSA) is 193 Å². The number of ether oxygens (including phenoxy) is 6. The molecule has 0 aromatic heterocycles. The number of rotatable bonds is 11. The summed E-state index contributed by atoms with van der Waals surface area (Å²) >= 11 is 1.28. The number of hydrogen-bond acceptors (Lipinski definition) is 13. The van der Waals surface area contributed by atoms with Gasteiger partial charge < -0.3 is 43.7 Å². The number of thioether (sulfide) groups is 1. The van der Waals surface area contributed by atoms with Gasteiger partial charge in [0.05, 0.1) is 6.42 Å². The summed E-state index contributed by atoms with van der Waals surface area (Å²) in [6, 6.07) is -1.94. The summed E-state index contributed by atoms with van der Waals surface area (Å²) in [5, 5.41) is 11.6. The van der Waals surface area contributed by atoms with E-state index < -0.39 is 107 Å². The van der Waals surface area contributed by atoms with E-state index in [2.05, 4.69) is 11.9 Å². The lowest BCUT2D eigenvalue weighted by Gasteiger charge is -2.43. The highest BCUT2D eigenvalue weighted by molar-refractivity contribution is 8.01. The number of carboxylic acid groups (broad SMARTS) is 1. The lowest BCUT2D eigenvalue weighted by Crippen LogP contribution is -2.70. The second-order valence-electron chi connectivity index (χ2n) is 11.1. The zero-order valence-electron chi connectivity index (χ0n) is 23.7. The van der Waals surface area contributed by atoms with Crippen molar-refractivity contribution in [2.24, 2.45) is 0 Å². The molecule has 16 heteroatoms. The fraction of sp³-hybridized carbons (Fsp3) is 0.692. The number of nitrogens with zero attached hydrogens (tertiary/aromatic N) is 1.